The molecule has 2 nitrogen and oxygen atoms in total. The Morgan fingerprint density at radius 2 is 2.00 bits per heavy atom. The Hall–Kier alpha value is -1.11. The molecule has 80 valence electrons. The molecule has 3 heteroatoms. The van der Waals surface area contributed by atoms with Crippen molar-refractivity contribution in [2.75, 3.05) is 12.8 Å². The van der Waals surface area contributed by atoms with Crippen LogP contribution in [-0.4, -0.2) is 17.0 Å². The molecule has 0 aromatic heterocycles. The number of hydrogen-bond acceptors (Lipinski definition) is 2. The van der Waals surface area contributed by atoms with E-state index in [0.717, 1.165) is 11.4 Å². The molecule has 0 saturated carbocycles. The van der Waals surface area contributed by atoms with E-state index < -0.39 is 10.8 Å². The van der Waals surface area contributed by atoms with Gasteiger partial charge in [-0.3, -0.25) is 4.21 Å². The van der Waals surface area contributed by atoms with Crippen molar-refractivity contribution < 1.29 is 4.21 Å². The Bertz CT molecular complexity index is 386. The molecule has 0 saturated heterocycles. The third kappa shape index (κ3) is 4.28. The van der Waals surface area contributed by atoms with Crippen LogP contribution >= 0.6 is 0 Å². The summed E-state index contributed by atoms with van der Waals surface area (Å²) in [5.41, 5.74) is 1.18. The van der Waals surface area contributed by atoms with E-state index >= 15 is 0 Å². The molecule has 0 bridgehead atoms. The lowest BCUT2D eigenvalue weighted by Crippen LogP contribution is -2.13. The van der Waals surface area contributed by atoms with Crippen molar-refractivity contribution in [2.45, 2.75) is 18.4 Å². The molecule has 15 heavy (non-hydrogen) atoms. The molecule has 0 spiro atoms. The van der Waals surface area contributed by atoms with Crippen LogP contribution in [0.1, 0.15) is 12.5 Å². The van der Waals surface area contributed by atoms with Gasteiger partial charge in [0.25, 0.3) is 0 Å². The van der Waals surface area contributed by atoms with Crippen molar-refractivity contribution in [1.82, 2.24) is 5.32 Å². The lowest BCUT2D eigenvalue weighted by atomic mass is 10.2. The molecule has 1 N–H and O–H groups in total. The summed E-state index contributed by atoms with van der Waals surface area (Å²) in [4.78, 5) is 0.868. The predicted octanol–water partition coefficient (Wildman–Crippen LogP) is 1.54. The van der Waals surface area contributed by atoms with Crippen LogP contribution in [0.25, 0.3) is 0 Å². The van der Waals surface area contributed by atoms with Crippen LogP contribution in [-0.2, 0) is 17.3 Å². The lowest BCUT2D eigenvalue weighted by Gasteiger charge is -2.02. The van der Waals surface area contributed by atoms with Gasteiger partial charge in [-0.05, 0) is 24.6 Å². The highest BCUT2D eigenvalue weighted by Crippen LogP contribution is 2.07. The van der Waals surface area contributed by atoms with Gasteiger partial charge in [-0.25, -0.2) is 0 Å². The van der Waals surface area contributed by atoms with Gasteiger partial charge in [0.2, 0.25) is 0 Å². The average molecular weight is 221 g/mol. The fraction of sp³-hybridized carbons (Fsp3) is 0.333. The second-order valence-electron chi connectivity index (χ2n) is 3.13. The summed E-state index contributed by atoms with van der Waals surface area (Å²) in [7, 11) is -0.889. The minimum atomic E-state index is -0.889. The first-order valence-corrected chi connectivity index (χ1v) is 6.32. The van der Waals surface area contributed by atoms with Crippen LogP contribution in [0, 0.1) is 11.8 Å². The second kappa shape index (κ2) is 6.39. The lowest BCUT2D eigenvalue weighted by molar-refractivity contribution is 0.686. The molecule has 0 aliphatic heterocycles. The van der Waals surface area contributed by atoms with Gasteiger partial charge in [0, 0.05) is 28.5 Å². The van der Waals surface area contributed by atoms with E-state index in [4.69, 9.17) is 0 Å². The first-order valence-electron chi connectivity index (χ1n) is 4.76. The minimum Gasteiger partial charge on any atom is -0.302 e. The monoisotopic (exact) mass is 221 g/mol. The second-order valence-corrected chi connectivity index (χ2v) is 4.51. The van der Waals surface area contributed by atoms with Crippen molar-refractivity contribution in [3.63, 3.8) is 0 Å². The van der Waals surface area contributed by atoms with Crippen LogP contribution in [0.15, 0.2) is 29.2 Å². The zero-order valence-electron chi connectivity index (χ0n) is 9.04. The Morgan fingerprint density at radius 1 is 1.33 bits per heavy atom. The van der Waals surface area contributed by atoms with E-state index in [0.29, 0.717) is 6.54 Å². The normalized spacial score (nSPS) is 11.6. The predicted molar refractivity (Wildman–Crippen MR) is 63.9 cm³/mol. The smallest absolute Gasteiger partial charge is 0.0578 e. The fourth-order valence-electron chi connectivity index (χ4n) is 1.16. The van der Waals surface area contributed by atoms with Crippen LogP contribution < -0.4 is 5.32 Å². The topological polar surface area (TPSA) is 29.1 Å². The third-order valence-electron chi connectivity index (χ3n) is 1.97. The van der Waals surface area contributed by atoms with E-state index in [9.17, 15) is 4.21 Å². The molecule has 1 rings (SSSR count). The SMILES string of the molecule is CC#CCNCc1ccc(S(C)=O)cc1. The molecule has 0 amide bonds. The fourth-order valence-corrected chi connectivity index (χ4v) is 1.68. The largest absolute Gasteiger partial charge is 0.302 e. The maximum Gasteiger partial charge on any atom is 0.0578 e. The zero-order valence-corrected chi connectivity index (χ0v) is 9.86. The quantitative estimate of drug-likeness (QED) is 0.617. The standard InChI is InChI=1S/C12H15NOS/c1-3-4-9-13-10-11-5-7-12(8-6-11)15(2)14/h5-8,13H,9-10H2,1-2H3. The maximum absolute atomic E-state index is 11.1. The van der Waals surface area contributed by atoms with Gasteiger partial charge >= 0.3 is 0 Å². The molecule has 0 heterocycles. The average Bonchev–Trinajstić information content (AvgIpc) is 2.25. The van der Waals surface area contributed by atoms with Gasteiger partial charge in [-0.2, -0.15) is 0 Å². The highest BCUT2D eigenvalue weighted by atomic mass is 32.2. The van der Waals surface area contributed by atoms with Crippen molar-refractivity contribution in [3.05, 3.63) is 29.8 Å². The summed E-state index contributed by atoms with van der Waals surface area (Å²) in [6.45, 7) is 3.33. The molecule has 0 fully saturated rings. The van der Waals surface area contributed by atoms with Crippen molar-refractivity contribution in [2.24, 2.45) is 0 Å². The Kier molecular flexibility index (Phi) is 5.09. The number of nitrogens with one attached hydrogen (secondary N) is 1. The van der Waals surface area contributed by atoms with E-state index in [1.54, 1.807) is 6.26 Å². The van der Waals surface area contributed by atoms with Crippen LogP contribution in [0.5, 0.6) is 0 Å². The van der Waals surface area contributed by atoms with Gasteiger partial charge in [0.1, 0.15) is 0 Å². The first-order chi connectivity index (χ1) is 7.24. The maximum atomic E-state index is 11.1. The highest BCUT2D eigenvalue weighted by Gasteiger charge is 1.96. The molecule has 1 atom stereocenters. The van der Waals surface area contributed by atoms with E-state index in [1.807, 2.05) is 31.2 Å². The van der Waals surface area contributed by atoms with E-state index in [-0.39, 0.29) is 0 Å². The van der Waals surface area contributed by atoms with Crippen LogP contribution in [0.4, 0.5) is 0 Å². The van der Waals surface area contributed by atoms with Gasteiger partial charge in [-0.1, -0.05) is 18.1 Å². The zero-order chi connectivity index (χ0) is 11.1. The molecule has 1 aromatic carbocycles. The molecule has 0 aliphatic carbocycles. The summed E-state index contributed by atoms with van der Waals surface area (Å²) >= 11 is 0. The summed E-state index contributed by atoms with van der Waals surface area (Å²) in [6, 6.07) is 7.78. The number of benzene rings is 1. The van der Waals surface area contributed by atoms with Gasteiger partial charge in [-0.15, -0.1) is 5.92 Å². The Morgan fingerprint density at radius 3 is 2.53 bits per heavy atom. The van der Waals surface area contributed by atoms with Gasteiger partial charge in [0.15, 0.2) is 0 Å². The summed E-state index contributed by atoms with van der Waals surface area (Å²) in [5, 5.41) is 3.20. The molecule has 0 radical (unpaired) electrons. The highest BCUT2D eigenvalue weighted by molar-refractivity contribution is 7.84. The molecule has 1 aromatic rings. The van der Waals surface area contributed by atoms with Crippen molar-refractivity contribution >= 4 is 10.8 Å². The first kappa shape index (κ1) is 12.0. The van der Waals surface area contributed by atoms with Crippen LogP contribution in [0.2, 0.25) is 0 Å². The van der Waals surface area contributed by atoms with E-state index in [1.165, 1.54) is 5.56 Å². The van der Waals surface area contributed by atoms with E-state index in [2.05, 4.69) is 17.2 Å². The third-order valence-corrected chi connectivity index (χ3v) is 2.91. The van der Waals surface area contributed by atoms with Crippen molar-refractivity contribution in [3.8, 4) is 11.8 Å². The number of hydrogen-bond donors (Lipinski definition) is 1. The van der Waals surface area contributed by atoms with Crippen molar-refractivity contribution in [1.29, 1.82) is 0 Å². The van der Waals surface area contributed by atoms with Gasteiger partial charge in [0.05, 0.1) is 6.54 Å². The molecular formula is C12H15NOS. The summed E-state index contributed by atoms with van der Waals surface area (Å²) in [5.74, 6) is 5.76. The minimum absolute atomic E-state index is 0.706. The number of rotatable bonds is 4. The summed E-state index contributed by atoms with van der Waals surface area (Å²) < 4.78 is 11.1. The Balaban J connectivity index is 2.48. The summed E-state index contributed by atoms with van der Waals surface area (Å²) in [6.07, 6.45) is 1.68. The molecular weight excluding hydrogens is 206 g/mol. The molecule has 0 aliphatic rings. The Labute approximate surface area is 93.5 Å². The van der Waals surface area contributed by atoms with Gasteiger partial charge < -0.3 is 5.32 Å². The van der Waals surface area contributed by atoms with Crippen LogP contribution in [0.3, 0.4) is 0 Å². The molecule has 1 unspecified atom stereocenters.